The summed E-state index contributed by atoms with van der Waals surface area (Å²) < 4.78 is 22.3. The van der Waals surface area contributed by atoms with Crippen LogP contribution in [0, 0.1) is 0 Å². The lowest BCUT2D eigenvalue weighted by atomic mass is 10.1. The number of hydrogen-bond donors (Lipinski definition) is 3. The molecule has 0 spiro atoms. The lowest BCUT2D eigenvalue weighted by Crippen LogP contribution is -2.29. The van der Waals surface area contributed by atoms with Gasteiger partial charge in [-0.2, -0.15) is 0 Å². The minimum atomic E-state index is -3.67. The SMILES string of the molecule is NS(=O)(=O)c1ccc(CCNC(=O)CCNCc2cccnc2)cc1. The number of pyridine rings is 1. The van der Waals surface area contributed by atoms with Gasteiger partial charge in [0, 0.05) is 38.4 Å². The van der Waals surface area contributed by atoms with Gasteiger partial charge < -0.3 is 10.6 Å². The molecule has 0 saturated heterocycles. The maximum absolute atomic E-state index is 11.8. The van der Waals surface area contributed by atoms with Crippen LogP contribution in [0.15, 0.2) is 53.7 Å². The first-order valence-corrected chi connectivity index (χ1v) is 9.48. The molecular formula is C17H22N4O3S. The normalized spacial score (nSPS) is 11.2. The van der Waals surface area contributed by atoms with Crippen molar-refractivity contribution in [2.75, 3.05) is 13.1 Å². The minimum absolute atomic E-state index is 0.0279. The predicted octanol–water partition coefficient (Wildman–Crippen LogP) is 0.568. The van der Waals surface area contributed by atoms with E-state index in [0.29, 0.717) is 32.5 Å². The summed E-state index contributed by atoms with van der Waals surface area (Å²) in [6.45, 7) is 1.76. The molecule has 7 nitrogen and oxygen atoms in total. The third kappa shape index (κ3) is 7.00. The van der Waals surface area contributed by atoms with Crippen LogP contribution in [0.4, 0.5) is 0 Å². The van der Waals surface area contributed by atoms with Gasteiger partial charge in [-0.25, -0.2) is 13.6 Å². The predicted molar refractivity (Wildman–Crippen MR) is 95.1 cm³/mol. The first-order chi connectivity index (χ1) is 11.9. The van der Waals surface area contributed by atoms with E-state index in [4.69, 9.17) is 5.14 Å². The second-order valence-electron chi connectivity index (χ2n) is 5.58. The zero-order chi connectivity index (χ0) is 18.1. The van der Waals surface area contributed by atoms with Gasteiger partial charge in [0.1, 0.15) is 0 Å². The van der Waals surface area contributed by atoms with Crippen molar-refractivity contribution in [2.45, 2.75) is 24.3 Å². The fourth-order valence-corrected chi connectivity index (χ4v) is 2.73. The number of hydrogen-bond acceptors (Lipinski definition) is 5. The number of nitrogens with one attached hydrogen (secondary N) is 2. The van der Waals surface area contributed by atoms with Crippen molar-refractivity contribution in [2.24, 2.45) is 5.14 Å². The van der Waals surface area contributed by atoms with E-state index in [2.05, 4.69) is 15.6 Å². The Bertz CT molecular complexity index is 777. The Balaban J connectivity index is 1.62. The fraction of sp³-hybridized carbons (Fsp3) is 0.294. The van der Waals surface area contributed by atoms with Crippen LogP contribution in [0.3, 0.4) is 0 Å². The Morgan fingerprint density at radius 1 is 1.08 bits per heavy atom. The van der Waals surface area contributed by atoms with E-state index in [1.807, 2.05) is 12.1 Å². The van der Waals surface area contributed by atoms with Crippen molar-refractivity contribution in [3.63, 3.8) is 0 Å². The quantitative estimate of drug-likeness (QED) is 0.564. The third-order valence-electron chi connectivity index (χ3n) is 3.57. The van der Waals surface area contributed by atoms with E-state index in [9.17, 15) is 13.2 Å². The van der Waals surface area contributed by atoms with Crippen LogP contribution < -0.4 is 15.8 Å². The van der Waals surface area contributed by atoms with Gasteiger partial charge in [-0.15, -0.1) is 0 Å². The number of rotatable bonds is 9. The van der Waals surface area contributed by atoms with Gasteiger partial charge in [-0.1, -0.05) is 18.2 Å². The van der Waals surface area contributed by atoms with Gasteiger partial charge >= 0.3 is 0 Å². The van der Waals surface area contributed by atoms with Gasteiger partial charge in [0.2, 0.25) is 15.9 Å². The van der Waals surface area contributed by atoms with Crippen LogP contribution in [-0.4, -0.2) is 32.4 Å². The maximum Gasteiger partial charge on any atom is 0.238 e. The molecule has 0 aliphatic carbocycles. The van der Waals surface area contributed by atoms with E-state index < -0.39 is 10.0 Å². The van der Waals surface area contributed by atoms with Gasteiger partial charge in [0.15, 0.2) is 0 Å². The van der Waals surface area contributed by atoms with E-state index in [-0.39, 0.29) is 10.8 Å². The van der Waals surface area contributed by atoms with Crippen molar-refractivity contribution in [3.8, 4) is 0 Å². The first kappa shape index (κ1) is 19.0. The van der Waals surface area contributed by atoms with Crippen molar-refractivity contribution in [1.82, 2.24) is 15.6 Å². The van der Waals surface area contributed by atoms with E-state index >= 15 is 0 Å². The Kier molecular flexibility index (Phi) is 7.05. The van der Waals surface area contributed by atoms with Crippen LogP contribution in [0.5, 0.6) is 0 Å². The molecule has 1 aromatic heterocycles. The Labute approximate surface area is 147 Å². The van der Waals surface area contributed by atoms with Crippen LogP contribution >= 0.6 is 0 Å². The van der Waals surface area contributed by atoms with Crippen molar-refractivity contribution in [1.29, 1.82) is 0 Å². The molecule has 0 radical (unpaired) electrons. The summed E-state index contributed by atoms with van der Waals surface area (Å²) in [6, 6.07) is 10.2. The molecule has 8 heteroatoms. The van der Waals surface area contributed by atoms with Gasteiger partial charge in [0.05, 0.1) is 4.90 Å². The molecule has 0 aliphatic rings. The average molecular weight is 362 g/mol. The summed E-state index contributed by atoms with van der Waals surface area (Å²) in [4.78, 5) is 15.9. The van der Waals surface area contributed by atoms with E-state index in [1.165, 1.54) is 12.1 Å². The van der Waals surface area contributed by atoms with E-state index in [0.717, 1.165) is 11.1 Å². The van der Waals surface area contributed by atoms with Crippen molar-refractivity contribution < 1.29 is 13.2 Å². The summed E-state index contributed by atoms with van der Waals surface area (Å²) in [5, 5.41) is 11.1. The molecule has 134 valence electrons. The first-order valence-electron chi connectivity index (χ1n) is 7.93. The molecule has 2 rings (SSSR count). The molecule has 0 bridgehead atoms. The van der Waals surface area contributed by atoms with Crippen LogP contribution in [-0.2, 0) is 27.8 Å². The Hall–Kier alpha value is -2.29. The monoisotopic (exact) mass is 362 g/mol. The number of amides is 1. The second-order valence-corrected chi connectivity index (χ2v) is 7.14. The molecule has 0 unspecified atom stereocenters. The lowest BCUT2D eigenvalue weighted by Gasteiger charge is -2.07. The highest BCUT2D eigenvalue weighted by atomic mass is 32.2. The number of nitrogens with zero attached hydrogens (tertiary/aromatic N) is 1. The molecule has 4 N–H and O–H groups in total. The third-order valence-corrected chi connectivity index (χ3v) is 4.50. The fourth-order valence-electron chi connectivity index (χ4n) is 2.22. The molecule has 25 heavy (non-hydrogen) atoms. The van der Waals surface area contributed by atoms with Crippen LogP contribution in [0.2, 0.25) is 0 Å². The van der Waals surface area contributed by atoms with Gasteiger partial charge in [-0.3, -0.25) is 9.78 Å². The number of primary sulfonamides is 1. The highest BCUT2D eigenvalue weighted by Crippen LogP contribution is 2.08. The van der Waals surface area contributed by atoms with Crippen LogP contribution in [0.25, 0.3) is 0 Å². The van der Waals surface area contributed by atoms with Crippen LogP contribution in [0.1, 0.15) is 17.5 Å². The zero-order valence-corrected chi connectivity index (χ0v) is 14.6. The zero-order valence-electron chi connectivity index (χ0n) is 13.8. The molecule has 0 atom stereocenters. The molecule has 1 heterocycles. The van der Waals surface area contributed by atoms with Crippen molar-refractivity contribution in [3.05, 3.63) is 59.9 Å². The molecule has 1 amide bonds. The van der Waals surface area contributed by atoms with E-state index in [1.54, 1.807) is 24.5 Å². The summed E-state index contributed by atoms with van der Waals surface area (Å²) in [5.41, 5.74) is 2.01. The number of aromatic nitrogens is 1. The summed E-state index contributed by atoms with van der Waals surface area (Å²) in [6.07, 6.45) is 4.53. The number of carbonyl (C=O) groups excluding carboxylic acids is 1. The minimum Gasteiger partial charge on any atom is -0.356 e. The number of carbonyl (C=O) groups is 1. The summed E-state index contributed by atoms with van der Waals surface area (Å²) in [7, 11) is -3.67. The van der Waals surface area contributed by atoms with Crippen molar-refractivity contribution >= 4 is 15.9 Å². The standard InChI is InChI=1S/C17H22N4O3S/c18-25(23,24)16-5-3-14(4-6-16)7-11-21-17(22)8-10-20-13-15-2-1-9-19-12-15/h1-6,9,12,20H,7-8,10-11,13H2,(H,21,22)(H2,18,23,24). The smallest absolute Gasteiger partial charge is 0.238 e. The Morgan fingerprint density at radius 2 is 1.84 bits per heavy atom. The molecule has 1 aromatic carbocycles. The molecule has 0 fully saturated rings. The Morgan fingerprint density at radius 3 is 2.48 bits per heavy atom. The average Bonchev–Trinajstić information content (AvgIpc) is 2.59. The number of sulfonamides is 1. The highest BCUT2D eigenvalue weighted by molar-refractivity contribution is 7.89. The molecule has 0 aliphatic heterocycles. The summed E-state index contributed by atoms with van der Waals surface area (Å²) in [5.74, 6) is -0.0279. The molecule has 0 saturated carbocycles. The topological polar surface area (TPSA) is 114 Å². The second kappa shape index (κ2) is 9.26. The number of benzene rings is 1. The largest absolute Gasteiger partial charge is 0.356 e. The summed E-state index contributed by atoms with van der Waals surface area (Å²) >= 11 is 0. The number of nitrogens with two attached hydrogens (primary N) is 1. The van der Waals surface area contributed by atoms with Gasteiger partial charge in [-0.05, 0) is 35.7 Å². The van der Waals surface area contributed by atoms with Gasteiger partial charge in [0.25, 0.3) is 0 Å². The maximum atomic E-state index is 11.8. The highest BCUT2D eigenvalue weighted by Gasteiger charge is 2.07. The molecular weight excluding hydrogens is 340 g/mol. The lowest BCUT2D eigenvalue weighted by molar-refractivity contribution is -0.120. The molecule has 2 aromatic rings.